The molecule has 9 nitrogen and oxygen atoms in total. The van der Waals surface area contributed by atoms with Gasteiger partial charge in [-0.15, -0.1) is 0 Å². The number of carbonyl (C=O) groups excluding carboxylic acids is 4. The van der Waals surface area contributed by atoms with Gasteiger partial charge in [0, 0.05) is 6.42 Å². The van der Waals surface area contributed by atoms with Crippen molar-refractivity contribution < 1.29 is 38.1 Å². The molecule has 0 unspecified atom stereocenters. The standard InChI is InChI=1S/C26H39NO8/c1-10-21(28)32-15(2)16(3)33-22(29)18(27)13-17-11-12-19(34-23(30)25(4,5)6)20(14-17)35-24(31)26(7,8)9/h11-12,14-16,18H,10,13,27H2,1-9H3/t15-,16-,18-/m0/s1. The van der Waals surface area contributed by atoms with Crippen molar-refractivity contribution in [2.75, 3.05) is 0 Å². The van der Waals surface area contributed by atoms with Crippen LogP contribution in [-0.4, -0.2) is 42.1 Å². The number of benzene rings is 1. The molecule has 0 saturated carbocycles. The highest BCUT2D eigenvalue weighted by Crippen LogP contribution is 2.33. The summed E-state index contributed by atoms with van der Waals surface area (Å²) in [5.74, 6) is -1.94. The van der Waals surface area contributed by atoms with Crippen molar-refractivity contribution in [1.82, 2.24) is 0 Å². The summed E-state index contributed by atoms with van der Waals surface area (Å²) in [5, 5.41) is 0. The molecule has 0 spiro atoms. The minimum atomic E-state index is -1.03. The molecule has 0 bridgehead atoms. The Bertz CT molecular complexity index is 926. The molecule has 0 fully saturated rings. The average Bonchev–Trinajstić information content (AvgIpc) is 2.73. The van der Waals surface area contributed by atoms with Crippen LogP contribution in [0.5, 0.6) is 11.5 Å². The summed E-state index contributed by atoms with van der Waals surface area (Å²) >= 11 is 0. The average molecular weight is 494 g/mol. The molecular weight excluding hydrogens is 454 g/mol. The largest absolute Gasteiger partial charge is 0.459 e. The van der Waals surface area contributed by atoms with Crippen LogP contribution in [0.25, 0.3) is 0 Å². The number of carbonyl (C=O) groups is 4. The van der Waals surface area contributed by atoms with Crippen molar-refractivity contribution in [3.8, 4) is 11.5 Å². The van der Waals surface area contributed by atoms with Crippen molar-refractivity contribution in [2.45, 2.75) is 93.4 Å². The maximum atomic E-state index is 12.5. The predicted octanol–water partition coefficient (Wildman–Crippen LogP) is 3.73. The minimum absolute atomic E-state index is 0.0501. The van der Waals surface area contributed by atoms with Crippen LogP contribution in [0.15, 0.2) is 18.2 Å². The van der Waals surface area contributed by atoms with Crippen molar-refractivity contribution in [3.05, 3.63) is 23.8 Å². The molecule has 1 aromatic carbocycles. The Morgan fingerprint density at radius 1 is 0.829 bits per heavy atom. The molecule has 35 heavy (non-hydrogen) atoms. The third-order valence-electron chi connectivity index (χ3n) is 4.97. The van der Waals surface area contributed by atoms with Crippen molar-refractivity contribution in [1.29, 1.82) is 0 Å². The van der Waals surface area contributed by atoms with Crippen LogP contribution in [-0.2, 0) is 35.1 Å². The molecule has 1 aromatic rings. The summed E-state index contributed by atoms with van der Waals surface area (Å²) in [5.41, 5.74) is 5.05. The van der Waals surface area contributed by atoms with E-state index in [0.29, 0.717) is 5.56 Å². The predicted molar refractivity (Wildman–Crippen MR) is 130 cm³/mol. The van der Waals surface area contributed by atoms with Gasteiger partial charge in [-0.3, -0.25) is 19.2 Å². The summed E-state index contributed by atoms with van der Waals surface area (Å²) in [6, 6.07) is 3.61. The van der Waals surface area contributed by atoms with Gasteiger partial charge in [0.15, 0.2) is 11.5 Å². The highest BCUT2D eigenvalue weighted by atomic mass is 16.6. The highest BCUT2D eigenvalue weighted by molar-refractivity contribution is 5.81. The Balaban J connectivity index is 3.04. The first-order valence-electron chi connectivity index (χ1n) is 11.7. The Hall–Kier alpha value is -2.94. The second-order valence-electron chi connectivity index (χ2n) is 10.6. The Kier molecular flexibility index (Phi) is 10.4. The van der Waals surface area contributed by atoms with E-state index in [1.165, 1.54) is 12.1 Å². The first-order chi connectivity index (χ1) is 15.9. The number of rotatable bonds is 9. The molecule has 0 radical (unpaired) electrons. The lowest BCUT2D eigenvalue weighted by molar-refractivity contribution is -0.166. The Morgan fingerprint density at radius 2 is 1.31 bits per heavy atom. The molecular formula is C26H39NO8. The molecule has 1 rings (SSSR count). The van der Waals surface area contributed by atoms with Crippen LogP contribution < -0.4 is 15.2 Å². The first kappa shape index (κ1) is 30.1. The van der Waals surface area contributed by atoms with Gasteiger partial charge in [0.2, 0.25) is 0 Å². The van der Waals surface area contributed by atoms with E-state index in [9.17, 15) is 19.2 Å². The van der Waals surface area contributed by atoms with Gasteiger partial charge >= 0.3 is 23.9 Å². The van der Waals surface area contributed by atoms with E-state index >= 15 is 0 Å². The lowest BCUT2D eigenvalue weighted by atomic mass is 9.97. The van der Waals surface area contributed by atoms with Crippen LogP contribution in [0.1, 0.15) is 74.3 Å². The summed E-state index contributed by atoms with van der Waals surface area (Å²) in [7, 11) is 0. The summed E-state index contributed by atoms with van der Waals surface area (Å²) < 4.78 is 21.5. The van der Waals surface area contributed by atoms with Crippen molar-refractivity contribution in [3.63, 3.8) is 0 Å². The lowest BCUT2D eigenvalue weighted by Crippen LogP contribution is -2.39. The Labute approximate surface area is 207 Å². The lowest BCUT2D eigenvalue weighted by Gasteiger charge is -2.23. The van der Waals surface area contributed by atoms with Crippen LogP contribution in [0, 0.1) is 10.8 Å². The summed E-state index contributed by atoms with van der Waals surface area (Å²) in [6.45, 7) is 15.1. The molecule has 0 aliphatic rings. The second kappa shape index (κ2) is 12.2. The molecule has 0 aliphatic carbocycles. The normalized spacial score (nSPS) is 14.3. The van der Waals surface area contributed by atoms with Crippen molar-refractivity contribution >= 4 is 23.9 Å². The molecule has 0 aromatic heterocycles. The molecule has 0 heterocycles. The number of hydrogen-bond donors (Lipinski definition) is 1. The maximum absolute atomic E-state index is 12.5. The van der Waals surface area contributed by atoms with Crippen LogP contribution in [0.3, 0.4) is 0 Å². The molecule has 0 aliphatic heterocycles. The zero-order valence-corrected chi connectivity index (χ0v) is 22.2. The van der Waals surface area contributed by atoms with Gasteiger partial charge in [-0.25, -0.2) is 0 Å². The molecule has 2 N–H and O–H groups in total. The van der Waals surface area contributed by atoms with Crippen molar-refractivity contribution in [2.24, 2.45) is 16.6 Å². The highest BCUT2D eigenvalue weighted by Gasteiger charge is 2.29. The van der Waals surface area contributed by atoms with Crippen LogP contribution in [0.2, 0.25) is 0 Å². The fourth-order valence-electron chi connectivity index (χ4n) is 2.44. The van der Waals surface area contributed by atoms with E-state index < -0.39 is 53.0 Å². The van der Waals surface area contributed by atoms with E-state index in [0.717, 1.165) is 0 Å². The third kappa shape index (κ3) is 9.68. The van der Waals surface area contributed by atoms with E-state index in [4.69, 9.17) is 24.7 Å². The smallest absolute Gasteiger partial charge is 0.323 e. The zero-order valence-electron chi connectivity index (χ0n) is 22.2. The molecule has 0 saturated heterocycles. The quantitative estimate of drug-likeness (QED) is 0.404. The van der Waals surface area contributed by atoms with Gasteiger partial charge in [0.25, 0.3) is 0 Å². The minimum Gasteiger partial charge on any atom is -0.459 e. The SMILES string of the molecule is CCC(=O)O[C@@H](C)[C@H](C)OC(=O)[C@@H](N)Cc1ccc(OC(=O)C(C)(C)C)c(OC(=O)C(C)(C)C)c1. The van der Waals surface area contributed by atoms with Gasteiger partial charge in [0.1, 0.15) is 18.2 Å². The molecule has 196 valence electrons. The molecule has 3 atom stereocenters. The number of ether oxygens (including phenoxy) is 4. The van der Waals surface area contributed by atoms with Gasteiger partial charge in [0.05, 0.1) is 10.8 Å². The fourth-order valence-corrected chi connectivity index (χ4v) is 2.44. The van der Waals surface area contributed by atoms with Gasteiger partial charge in [-0.1, -0.05) is 13.0 Å². The topological polar surface area (TPSA) is 131 Å². The summed E-state index contributed by atoms with van der Waals surface area (Å²) in [6.07, 6.45) is -1.03. The molecule has 0 amide bonds. The summed E-state index contributed by atoms with van der Waals surface area (Å²) in [4.78, 5) is 48.8. The van der Waals surface area contributed by atoms with Gasteiger partial charge < -0.3 is 24.7 Å². The van der Waals surface area contributed by atoms with E-state index in [2.05, 4.69) is 0 Å². The maximum Gasteiger partial charge on any atom is 0.323 e. The van der Waals surface area contributed by atoms with E-state index in [1.54, 1.807) is 68.4 Å². The number of nitrogens with two attached hydrogens (primary N) is 1. The Morgan fingerprint density at radius 3 is 1.80 bits per heavy atom. The van der Waals surface area contributed by atoms with Gasteiger partial charge in [-0.05, 0) is 79.5 Å². The van der Waals surface area contributed by atoms with E-state index in [-0.39, 0.29) is 24.3 Å². The first-order valence-corrected chi connectivity index (χ1v) is 11.7. The zero-order chi connectivity index (χ0) is 27.1. The third-order valence-corrected chi connectivity index (χ3v) is 4.97. The second-order valence-corrected chi connectivity index (χ2v) is 10.6. The number of esters is 4. The van der Waals surface area contributed by atoms with Crippen LogP contribution in [0.4, 0.5) is 0 Å². The monoisotopic (exact) mass is 493 g/mol. The van der Waals surface area contributed by atoms with E-state index in [1.807, 2.05) is 0 Å². The number of hydrogen-bond acceptors (Lipinski definition) is 9. The molecule has 9 heteroatoms. The fraction of sp³-hybridized carbons (Fsp3) is 0.615. The van der Waals surface area contributed by atoms with Gasteiger partial charge in [-0.2, -0.15) is 0 Å². The van der Waals surface area contributed by atoms with Crippen LogP contribution >= 0.6 is 0 Å².